The van der Waals surface area contributed by atoms with Crippen molar-refractivity contribution >= 4 is 22.9 Å². The molecule has 1 amide bonds. The number of nitrogens with zero attached hydrogens (tertiary/aromatic N) is 1. The lowest BCUT2D eigenvalue weighted by molar-refractivity contribution is 0.0952. The third-order valence-corrected chi connectivity index (χ3v) is 3.88. The largest absolute Gasteiger partial charge is 0.387 e. The van der Waals surface area contributed by atoms with Crippen molar-refractivity contribution in [2.24, 2.45) is 0 Å². The quantitative estimate of drug-likeness (QED) is 0.902. The van der Waals surface area contributed by atoms with Gasteiger partial charge in [-0.25, -0.2) is 4.98 Å². The number of anilines is 1. The van der Waals surface area contributed by atoms with Crippen LogP contribution in [0.15, 0.2) is 23.7 Å². The van der Waals surface area contributed by atoms with Gasteiger partial charge in [0.2, 0.25) is 0 Å². The Morgan fingerprint density at radius 1 is 1.37 bits per heavy atom. The number of aromatic nitrogens is 1. The predicted octanol–water partition coefficient (Wildman–Crippen LogP) is 2.73. The summed E-state index contributed by atoms with van der Waals surface area (Å²) >= 11 is 1.56. The van der Waals surface area contributed by atoms with Crippen molar-refractivity contribution in [3.8, 4) is 0 Å². The Bertz CT molecular complexity index is 592. The minimum absolute atomic E-state index is 0.0721. The summed E-state index contributed by atoms with van der Waals surface area (Å²) in [5.74, 6) is -0.0721. The van der Waals surface area contributed by atoms with E-state index in [9.17, 15) is 4.79 Å². The second-order valence-electron chi connectivity index (χ2n) is 4.34. The van der Waals surface area contributed by atoms with E-state index in [2.05, 4.69) is 15.6 Å². The van der Waals surface area contributed by atoms with Crippen LogP contribution >= 0.6 is 11.3 Å². The minimum atomic E-state index is -0.0721. The number of thiazole rings is 1. The van der Waals surface area contributed by atoms with E-state index < -0.39 is 0 Å². The van der Waals surface area contributed by atoms with Gasteiger partial charge in [-0.1, -0.05) is 6.07 Å². The molecule has 2 aromatic rings. The highest BCUT2D eigenvalue weighted by atomic mass is 32.1. The molecule has 2 N–H and O–H groups in total. The topological polar surface area (TPSA) is 54.0 Å². The molecule has 1 heterocycles. The van der Waals surface area contributed by atoms with Gasteiger partial charge in [0, 0.05) is 17.6 Å². The molecule has 0 bridgehead atoms. The number of carbonyl (C=O) groups is 1. The van der Waals surface area contributed by atoms with Crippen LogP contribution in [0.2, 0.25) is 0 Å². The summed E-state index contributed by atoms with van der Waals surface area (Å²) < 4.78 is 0. The van der Waals surface area contributed by atoms with E-state index in [-0.39, 0.29) is 5.91 Å². The summed E-state index contributed by atoms with van der Waals surface area (Å²) in [4.78, 5) is 17.4. The van der Waals surface area contributed by atoms with Crippen LogP contribution in [0.1, 0.15) is 26.5 Å². The van der Waals surface area contributed by atoms with Crippen LogP contribution in [0.25, 0.3) is 0 Å². The first-order valence-corrected chi connectivity index (χ1v) is 6.95. The number of aryl methyl sites for hydroxylation is 2. The zero-order valence-electron chi connectivity index (χ0n) is 11.3. The highest BCUT2D eigenvalue weighted by molar-refractivity contribution is 7.09. The molecule has 19 heavy (non-hydrogen) atoms. The summed E-state index contributed by atoms with van der Waals surface area (Å²) in [6.07, 6.45) is 0. The molecule has 0 saturated carbocycles. The first-order valence-electron chi connectivity index (χ1n) is 6.07. The van der Waals surface area contributed by atoms with Crippen LogP contribution in [0, 0.1) is 13.8 Å². The van der Waals surface area contributed by atoms with Crippen LogP contribution in [-0.2, 0) is 6.54 Å². The average Bonchev–Trinajstić information content (AvgIpc) is 2.81. The lowest BCUT2D eigenvalue weighted by Gasteiger charge is -2.10. The molecule has 4 nitrogen and oxygen atoms in total. The highest BCUT2D eigenvalue weighted by Gasteiger charge is 2.11. The molecule has 0 aliphatic carbocycles. The summed E-state index contributed by atoms with van der Waals surface area (Å²) in [6.45, 7) is 4.47. The zero-order valence-corrected chi connectivity index (χ0v) is 12.1. The van der Waals surface area contributed by atoms with Gasteiger partial charge in [-0.05, 0) is 31.5 Å². The summed E-state index contributed by atoms with van der Waals surface area (Å²) in [7, 11) is 1.82. The first kappa shape index (κ1) is 13.5. The van der Waals surface area contributed by atoms with Crippen molar-refractivity contribution in [2.45, 2.75) is 20.4 Å². The molecule has 0 fully saturated rings. The fourth-order valence-electron chi connectivity index (χ4n) is 1.81. The van der Waals surface area contributed by atoms with Gasteiger partial charge in [0.15, 0.2) is 0 Å². The van der Waals surface area contributed by atoms with E-state index in [1.807, 2.05) is 39.1 Å². The summed E-state index contributed by atoms with van der Waals surface area (Å²) in [5, 5.41) is 5.98. The SMILES string of the molecule is CNc1cc(C)ccc1C(=O)NCc1scnc1C. The molecule has 2 rings (SSSR count). The van der Waals surface area contributed by atoms with Crippen molar-refractivity contribution in [1.29, 1.82) is 0 Å². The first-order chi connectivity index (χ1) is 9.11. The van der Waals surface area contributed by atoms with E-state index in [1.165, 1.54) is 0 Å². The molecule has 5 heteroatoms. The van der Waals surface area contributed by atoms with Crippen LogP contribution < -0.4 is 10.6 Å². The molecular formula is C14H17N3OS. The number of hydrogen-bond acceptors (Lipinski definition) is 4. The second kappa shape index (κ2) is 5.84. The fraction of sp³-hybridized carbons (Fsp3) is 0.286. The molecule has 0 radical (unpaired) electrons. The zero-order chi connectivity index (χ0) is 13.8. The maximum atomic E-state index is 12.2. The van der Waals surface area contributed by atoms with Crippen LogP contribution in [0.4, 0.5) is 5.69 Å². The number of rotatable bonds is 4. The fourth-order valence-corrected chi connectivity index (χ4v) is 2.53. The van der Waals surface area contributed by atoms with E-state index in [1.54, 1.807) is 16.8 Å². The molecule has 1 aromatic heterocycles. The van der Waals surface area contributed by atoms with E-state index >= 15 is 0 Å². The molecule has 0 spiro atoms. The molecule has 100 valence electrons. The third-order valence-electron chi connectivity index (χ3n) is 2.94. The van der Waals surface area contributed by atoms with Gasteiger partial charge in [-0.15, -0.1) is 11.3 Å². The standard InChI is InChI=1S/C14H17N3OS/c1-9-4-5-11(12(6-9)15-3)14(18)16-7-13-10(2)17-8-19-13/h4-6,8,15H,7H2,1-3H3,(H,16,18). The Morgan fingerprint density at radius 3 is 2.79 bits per heavy atom. The Balaban J connectivity index is 2.10. The molecule has 0 atom stereocenters. The second-order valence-corrected chi connectivity index (χ2v) is 5.28. The van der Waals surface area contributed by atoms with Gasteiger partial charge in [0.1, 0.15) is 0 Å². The molecule has 0 unspecified atom stereocenters. The Labute approximate surface area is 116 Å². The van der Waals surface area contributed by atoms with Crippen molar-refractivity contribution in [3.05, 3.63) is 45.4 Å². The molecule has 0 saturated heterocycles. The maximum Gasteiger partial charge on any atom is 0.253 e. The molecule has 0 aliphatic rings. The number of carbonyl (C=O) groups excluding carboxylic acids is 1. The Kier molecular flexibility index (Phi) is 4.16. The van der Waals surface area contributed by atoms with Gasteiger partial charge in [0.25, 0.3) is 5.91 Å². The van der Waals surface area contributed by atoms with Crippen molar-refractivity contribution < 1.29 is 4.79 Å². The summed E-state index contributed by atoms with van der Waals surface area (Å²) in [5.41, 5.74) is 5.40. The number of hydrogen-bond donors (Lipinski definition) is 2. The smallest absolute Gasteiger partial charge is 0.253 e. The summed E-state index contributed by atoms with van der Waals surface area (Å²) in [6, 6.07) is 5.75. The number of nitrogens with one attached hydrogen (secondary N) is 2. The van der Waals surface area contributed by atoms with E-state index in [0.717, 1.165) is 21.8 Å². The van der Waals surface area contributed by atoms with Gasteiger partial charge >= 0.3 is 0 Å². The van der Waals surface area contributed by atoms with Crippen molar-refractivity contribution in [3.63, 3.8) is 0 Å². The number of benzene rings is 1. The van der Waals surface area contributed by atoms with Crippen LogP contribution in [-0.4, -0.2) is 17.9 Å². The lowest BCUT2D eigenvalue weighted by atomic mass is 10.1. The minimum Gasteiger partial charge on any atom is -0.387 e. The molecular weight excluding hydrogens is 258 g/mol. The van der Waals surface area contributed by atoms with E-state index in [4.69, 9.17) is 0 Å². The van der Waals surface area contributed by atoms with Gasteiger partial charge in [0.05, 0.1) is 23.3 Å². The lowest BCUT2D eigenvalue weighted by Crippen LogP contribution is -2.23. The van der Waals surface area contributed by atoms with Crippen molar-refractivity contribution in [2.75, 3.05) is 12.4 Å². The third kappa shape index (κ3) is 3.12. The highest BCUT2D eigenvalue weighted by Crippen LogP contribution is 2.17. The average molecular weight is 275 g/mol. The van der Waals surface area contributed by atoms with Crippen LogP contribution in [0.5, 0.6) is 0 Å². The molecule has 1 aromatic carbocycles. The van der Waals surface area contributed by atoms with Crippen molar-refractivity contribution in [1.82, 2.24) is 10.3 Å². The van der Waals surface area contributed by atoms with Crippen LogP contribution in [0.3, 0.4) is 0 Å². The van der Waals surface area contributed by atoms with Gasteiger partial charge in [-0.3, -0.25) is 4.79 Å². The molecule has 0 aliphatic heterocycles. The van der Waals surface area contributed by atoms with Gasteiger partial charge in [-0.2, -0.15) is 0 Å². The maximum absolute atomic E-state index is 12.2. The number of amides is 1. The normalized spacial score (nSPS) is 10.3. The Morgan fingerprint density at radius 2 is 2.16 bits per heavy atom. The van der Waals surface area contributed by atoms with Gasteiger partial charge < -0.3 is 10.6 Å². The predicted molar refractivity (Wildman–Crippen MR) is 78.7 cm³/mol. The monoisotopic (exact) mass is 275 g/mol. The Hall–Kier alpha value is -1.88. The van der Waals surface area contributed by atoms with E-state index in [0.29, 0.717) is 12.1 Å².